The van der Waals surface area contributed by atoms with Gasteiger partial charge in [-0.15, -0.1) is 0 Å². The quantitative estimate of drug-likeness (QED) is 0.130. The van der Waals surface area contributed by atoms with Crippen LogP contribution in [0.15, 0.2) is 79.7 Å². The summed E-state index contributed by atoms with van der Waals surface area (Å²) in [6.07, 6.45) is 1.48. The number of halogens is 3. The molecule has 10 heteroatoms. The number of carbonyl (C=O) groups excluding carboxylic acids is 1. The second-order valence-corrected chi connectivity index (χ2v) is 9.28. The lowest BCUT2D eigenvalue weighted by atomic mass is 10.1. The summed E-state index contributed by atoms with van der Waals surface area (Å²) in [6.45, 7) is 0.197. The van der Waals surface area contributed by atoms with E-state index in [4.69, 9.17) is 4.74 Å². The van der Waals surface area contributed by atoms with Crippen LogP contribution in [0.3, 0.4) is 0 Å². The molecule has 0 fully saturated rings. The fourth-order valence-corrected chi connectivity index (χ4v) is 4.60. The summed E-state index contributed by atoms with van der Waals surface area (Å²) in [4.78, 5) is 22.8. The van der Waals surface area contributed by atoms with Crippen LogP contribution in [0.25, 0.3) is 6.08 Å². The minimum Gasteiger partial charge on any atom is -0.487 e. The molecule has 3 aromatic carbocycles. The van der Waals surface area contributed by atoms with Crippen LogP contribution < -0.4 is 10.1 Å². The molecule has 1 amide bonds. The lowest BCUT2D eigenvalue weighted by Gasteiger charge is -2.12. The van der Waals surface area contributed by atoms with E-state index in [0.29, 0.717) is 25.9 Å². The van der Waals surface area contributed by atoms with E-state index in [9.17, 15) is 20.2 Å². The van der Waals surface area contributed by atoms with Crippen molar-refractivity contribution in [2.75, 3.05) is 5.32 Å². The normalized spacial score (nSPS) is 10.9. The van der Waals surface area contributed by atoms with Crippen LogP contribution in [0.2, 0.25) is 0 Å². The first-order valence-electron chi connectivity index (χ1n) is 9.30. The average Bonchev–Trinajstić information content (AvgIpc) is 2.77. The smallest absolute Gasteiger partial charge is 0.269 e. The molecule has 0 saturated carbocycles. The number of carbonyl (C=O) groups is 1. The molecule has 0 saturated heterocycles. The van der Waals surface area contributed by atoms with Crippen molar-refractivity contribution in [1.29, 1.82) is 5.26 Å². The zero-order valence-corrected chi connectivity index (χ0v) is 21.5. The molecule has 166 valence electrons. The van der Waals surface area contributed by atoms with Crippen molar-refractivity contribution in [2.24, 2.45) is 0 Å². The predicted molar refractivity (Wildman–Crippen MR) is 136 cm³/mol. The molecule has 1 N–H and O–H groups in total. The first-order valence-corrected chi connectivity index (χ1v) is 11.7. The summed E-state index contributed by atoms with van der Waals surface area (Å²) in [5.74, 6) is -0.0102. The van der Waals surface area contributed by atoms with E-state index in [0.717, 1.165) is 10.0 Å². The molecule has 3 aromatic rings. The Bertz CT molecular complexity index is 1260. The second kappa shape index (κ2) is 11.2. The third-order valence-corrected chi connectivity index (χ3v) is 5.98. The van der Waals surface area contributed by atoms with Gasteiger partial charge in [-0.05, 0) is 91.5 Å². The molecule has 0 spiro atoms. The van der Waals surface area contributed by atoms with E-state index in [1.54, 1.807) is 42.5 Å². The Morgan fingerprint density at radius 2 is 1.76 bits per heavy atom. The molecule has 0 aromatic heterocycles. The van der Waals surface area contributed by atoms with Crippen molar-refractivity contribution in [3.8, 4) is 11.8 Å². The van der Waals surface area contributed by atoms with Gasteiger partial charge in [0.1, 0.15) is 24.0 Å². The predicted octanol–water partition coefficient (Wildman–Crippen LogP) is 7.01. The van der Waals surface area contributed by atoms with Crippen molar-refractivity contribution in [3.05, 3.63) is 101 Å². The van der Waals surface area contributed by atoms with Crippen molar-refractivity contribution in [3.63, 3.8) is 0 Å². The molecule has 0 heterocycles. The highest BCUT2D eigenvalue weighted by atomic mass is 79.9. The van der Waals surface area contributed by atoms with Gasteiger partial charge in [0, 0.05) is 22.3 Å². The number of nitro benzene ring substituents is 1. The number of nitriles is 1. The van der Waals surface area contributed by atoms with Gasteiger partial charge in [-0.1, -0.05) is 22.0 Å². The molecule has 0 atom stereocenters. The average molecular weight is 636 g/mol. The maximum Gasteiger partial charge on any atom is 0.269 e. The monoisotopic (exact) mass is 633 g/mol. The van der Waals surface area contributed by atoms with Gasteiger partial charge in [0.15, 0.2) is 0 Å². The van der Waals surface area contributed by atoms with E-state index < -0.39 is 10.8 Å². The number of non-ortho nitro benzene ring substituents is 1. The molecule has 0 aliphatic carbocycles. The first kappa shape index (κ1) is 24.6. The van der Waals surface area contributed by atoms with E-state index in [-0.39, 0.29) is 17.9 Å². The molecule has 33 heavy (non-hydrogen) atoms. The summed E-state index contributed by atoms with van der Waals surface area (Å²) < 4.78 is 7.86. The van der Waals surface area contributed by atoms with Crippen LogP contribution in [0.4, 0.5) is 11.4 Å². The second-order valence-electron chi connectivity index (χ2n) is 6.66. The van der Waals surface area contributed by atoms with Gasteiger partial charge in [0.2, 0.25) is 0 Å². The lowest BCUT2D eigenvalue weighted by molar-refractivity contribution is -0.384. The van der Waals surface area contributed by atoms with Crippen LogP contribution in [0.5, 0.6) is 5.75 Å². The molecular weight excluding hydrogens is 622 g/mol. The molecule has 0 aliphatic rings. The van der Waals surface area contributed by atoms with Crippen LogP contribution in [-0.2, 0) is 11.4 Å². The van der Waals surface area contributed by atoms with Crippen LogP contribution in [0.1, 0.15) is 11.1 Å². The number of nitrogens with zero attached hydrogens (tertiary/aromatic N) is 2. The number of anilines is 1. The Morgan fingerprint density at radius 3 is 2.33 bits per heavy atom. The Balaban J connectivity index is 1.75. The number of hydrogen-bond acceptors (Lipinski definition) is 5. The SMILES string of the molecule is N#C/C(=C/c1cc(Br)c(OCc2ccc([N+](=O)[O-])cc2)c(Br)c1)C(=O)Nc1cccc(Br)c1. The minimum atomic E-state index is -0.527. The third-order valence-electron chi connectivity index (χ3n) is 4.31. The third kappa shape index (κ3) is 6.74. The summed E-state index contributed by atoms with van der Waals surface area (Å²) in [7, 11) is 0. The number of nitro groups is 1. The van der Waals surface area contributed by atoms with Crippen molar-refractivity contribution >= 4 is 71.1 Å². The van der Waals surface area contributed by atoms with Crippen molar-refractivity contribution < 1.29 is 14.5 Å². The number of benzene rings is 3. The Kier molecular flexibility index (Phi) is 8.38. The van der Waals surface area contributed by atoms with Gasteiger partial charge >= 0.3 is 0 Å². The maximum absolute atomic E-state index is 12.5. The highest BCUT2D eigenvalue weighted by Gasteiger charge is 2.13. The molecule has 0 bridgehead atoms. The van der Waals surface area contributed by atoms with E-state index >= 15 is 0 Å². The van der Waals surface area contributed by atoms with Crippen molar-refractivity contribution in [2.45, 2.75) is 6.61 Å². The maximum atomic E-state index is 12.5. The van der Waals surface area contributed by atoms with E-state index in [1.807, 2.05) is 12.1 Å². The van der Waals surface area contributed by atoms with Crippen molar-refractivity contribution in [1.82, 2.24) is 0 Å². The van der Waals surface area contributed by atoms with Gasteiger partial charge in [-0.25, -0.2) is 0 Å². The van der Waals surface area contributed by atoms with E-state index in [2.05, 4.69) is 53.1 Å². The number of amides is 1. The standard InChI is InChI=1S/C23H14Br3N3O4/c24-17-2-1-3-18(11-17)28-23(30)16(12-27)8-15-9-20(25)22(21(26)10-15)33-13-14-4-6-19(7-5-14)29(31)32/h1-11H,13H2,(H,28,30)/b16-8-. The lowest BCUT2D eigenvalue weighted by Crippen LogP contribution is -2.13. The molecule has 7 nitrogen and oxygen atoms in total. The minimum absolute atomic E-state index is 0.00878. The highest BCUT2D eigenvalue weighted by molar-refractivity contribution is 9.11. The fourth-order valence-electron chi connectivity index (χ4n) is 2.75. The Hall–Kier alpha value is -3.00. The summed E-state index contributed by atoms with van der Waals surface area (Å²) >= 11 is 10.2. The number of rotatable bonds is 7. The fraction of sp³-hybridized carbons (Fsp3) is 0.0435. The molecule has 0 unspecified atom stereocenters. The summed E-state index contributed by atoms with van der Waals surface area (Å²) in [6, 6.07) is 18.5. The number of nitrogens with one attached hydrogen (secondary N) is 1. The van der Waals surface area contributed by atoms with Gasteiger partial charge in [-0.3, -0.25) is 14.9 Å². The van der Waals surface area contributed by atoms with Gasteiger partial charge < -0.3 is 10.1 Å². The van der Waals surface area contributed by atoms with Gasteiger partial charge in [0.25, 0.3) is 11.6 Å². The van der Waals surface area contributed by atoms with Gasteiger partial charge in [0.05, 0.1) is 13.9 Å². The van der Waals surface area contributed by atoms with Crippen LogP contribution in [-0.4, -0.2) is 10.8 Å². The van der Waals surface area contributed by atoms with Crippen LogP contribution >= 0.6 is 47.8 Å². The highest BCUT2D eigenvalue weighted by Crippen LogP contribution is 2.36. The number of ether oxygens (including phenoxy) is 1. The van der Waals surface area contributed by atoms with Crippen LogP contribution in [0, 0.1) is 21.4 Å². The Labute approximate surface area is 214 Å². The zero-order chi connectivity index (χ0) is 24.0. The summed E-state index contributed by atoms with van der Waals surface area (Å²) in [5, 5.41) is 22.9. The first-order chi connectivity index (χ1) is 15.8. The van der Waals surface area contributed by atoms with Gasteiger partial charge in [-0.2, -0.15) is 5.26 Å². The molecule has 0 radical (unpaired) electrons. The largest absolute Gasteiger partial charge is 0.487 e. The molecular formula is C23H14Br3N3O4. The van der Waals surface area contributed by atoms with E-state index in [1.165, 1.54) is 18.2 Å². The number of hydrogen-bond donors (Lipinski definition) is 1. The molecule has 3 rings (SSSR count). The topological polar surface area (TPSA) is 105 Å². The molecule has 0 aliphatic heterocycles. The Morgan fingerprint density at radius 1 is 1.09 bits per heavy atom. The summed E-state index contributed by atoms with van der Waals surface area (Å²) in [5.41, 5.74) is 1.88. The zero-order valence-electron chi connectivity index (χ0n) is 16.7.